The first-order valence-corrected chi connectivity index (χ1v) is 7.19. The molecule has 7 heteroatoms. The van der Waals surface area contributed by atoms with Crippen LogP contribution < -0.4 is 10.6 Å². The van der Waals surface area contributed by atoms with Crippen molar-refractivity contribution in [3.63, 3.8) is 0 Å². The summed E-state index contributed by atoms with van der Waals surface area (Å²) in [6, 6.07) is 10.8. The van der Waals surface area contributed by atoms with Gasteiger partial charge in [-0.15, -0.1) is 0 Å². The van der Waals surface area contributed by atoms with Gasteiger partial charge >= 0.3 is 0 Å². The van der Waals surface area contributed by atoms with Crippen molar-refractivity contribution in [3.05, 3.63) is 71.3 Å². The molecule has 3 N–H and O–H groups in total. The molecule has 0 aliphatic heterocycles. The minimum Gasteiger partial charge on any atom is -0.394 e. The summed E-state index contributed by atoms with van der Waals surface area (Å²) in [7, 11) is 0. The third-order valence-electron chi connectivity index (χ3n) is 3.30. The van der Waals surface area contributed by atoms with Crippen molar-refractivity contribution in [2.24, 2.45) is 0 Å². The van der Waals surface area contributed by atoms with E-state index in [1.54, 1.807) is 30.3 Å². The molecule has 0 saturated carbocycles. The molecule has 2 rings (SSSR count). The van der Waals surface area contributed by atoms with E-state index in [1.807, 2.05) is 0 Å². The van der Waals surface area contributed by atoms with E-state index in [9.17, 15) is 23.5 Å². The van der Waals surface area contributed by atoms with Crippen LogP contribution in [0.25, 0.3) is 0 Å². The maximum atomic E-state index is 13.5. The Hall–Kier alpha value is -2.80. The maximum Gasteiger partial charge on any atom is 0.254 e. The highest BCUT2D eigenvalue weighted by molar-refractivity contribution is 5.96. The molecule has 5 nitrogen and oxygen atoms in total. The fraction of sp³-hybridized carbons (Fsp3) is 0.176. The van der Waals surface area contributed by atoms with Crippen LogP contribution in [0.2, 0.25) is 0 Å². The van der Waals surface area contributed by atoms with Gasteiger partial charge in [-0.25, -0.2) is 8.78 Å². The number of halogens is 2. The molecule has 2 amide bonds. The van der Waals surface area contributed by atoms with E-state index in [0.717, 1.165) is 12.1 Å². The molecule has 0 aromatic heterocycles. The monoisotopic (exact) mass is 334 g/mol. The van der Waals surface area contributed by atoms with E-state index in [-0.39, 0.29) is 12.2 Å². The predicted molar refractivity (Wildman–Crippen MR) is 83.1 cm³/mol. The van der Waals surface area contributed by atoms with Gasteiger partial charge < -0.3 is 15.7 Å². The lowest BCUT2D eigenvalue weighted by molar-refractivity contribution is -0.121. The fourth-order valence-electron chi connectivity index (χ4n) is 2.09. The summed E-state index contributed by atoms with van der Waals surface area (Å²) >= 11 is 0. The largest absolute Gasteiger partial charge is 0.394 e. The van der Waals surface area contributed by atoms with Gasteiger partial charge in [0.05, 0.1) is 24.8 Å². The standard InChI is InChI=1S/C17H16F2N2O3/c18-12-6-7-13(14(19)8-12)17(24)20-9-16(23)21-15(10-22)11-4-2-1-3-5-11/h1-8,15,22H,9-10H2,(H,20,24)(H,21,23)/t15-/m1/s1. The average Bonchev–Trinajstić information content (AvgIpc) is 2.58. The summed E-state index contributed by atoms with van der Waals surface area (Å²) in [6.45, 7) is -0.713. The van der Waals surface area contributed by atoms with Crippen LogP contribution in [0.3, 0.4) is 0 Å². The summed E-state index contributed by atoms with van der Waals surface area (Å²) in [5, 5.41) is 14.2. The Bertz CT molecular complexity index is 723. The number of aliphatic hydroxyl groups is 1. The van der Waals surface area contributed by atoms with E-state index in [4.69, 9.17) is 0 Å². The number of nitrogens with one attached hydrogen (secondary N) is 2. The summed E-state index contributed by atoms with van der Waals surface area (Å²) in [6.07, 6.45) is 0. The molecule has 0 spiro atoms. The lowest BCUT2D eigenvalue weighted by atomic mass is 10.1. The van der Waals surface area contributed by atoms with Gasteiger partial charge in [-0.2, -0.15) is 0 Å². The van der Waals surface area contributed by atoms with E-state index >= 15 is 0 Å². The molecule has 0 unspecified atom stereocenters. The van der Waals surface area contributed by atoms with Crippen LogP contribution in [0.5, 0.6) is 0 Å². The van der Waals surface area contributed by atoms with E-state index in [2.05, 4.69) is 10.6 Å². The molecular formula is C17H16F2N2O3. The van der Waals surface area contributed by atoms with Gasteiger partial charge in [-0.3, -0.25) is 9.59 Å². The van der Waals surface area contributed by atoms with Gasteiger partial charge in [-0.05, 0) is 17.7 Å². The number of hydrogen-bond acceptors (Lipinski definition) is 3. The number of carbonyl (C=O) groups is 2. The summed E-state index contributed by atoms with van der Waals surface area (Å²) < 4.78 is 26.3. The molecule has 126 valence electrons. The van der Waals surface area contributed by atoms with Gasteiger partial charge in [0.15, 0.2) is 0 Å². The number of rotatable bonds is 6. The predicted octanol–water partition coefficient (Wildman–Crippen LogP) is 1.54. The van der Waals surface area contributed by atoms with Crippen LogP contribution in [-0.4, -0.2) is 30.1 Å². The third-order valence-corrected chi connectivity index (χ3v) is 3.30. The Balaban J connectivity index is 1.91. The van der Waals surface area contributed by atoms with Gasteiger partial charge in [0.25, 0.3) is 5.91 Å². The first-order chi connectivity index (χ1) is 11.5. The quantitative estimate of drug-likeness (QED) is 0.750. The molecule has 0 radical (unpaired) electrons. The third kappa shape index (κ3) is 4.60. The molecule has 24 heavy (non-hydrogen) atoms. The lowest BCUT2D eigenvalue weighted by Gasteiger charge is -2.17. The van der Waals surface area contributed by atoms with Crippen LogP contribution >= 0.6 is 0 Å². The Labute approximate surface area is 137 Å². The molecule has 2 aromatic carbocycles. The second kappa shape index (κ2) is 8.16. The number of benzene rings is 2. The topological polar surface area (TPSA) is 78.4 Å². The van der Waals surface area contributed by atoms with Crippen molar-refractivity contribution in [1.29, 1.82) is 0 Å². The molecule has 0 fully saturated rings. The summed E-state index contributed by atoms with van der Waals surface area (Å²) in [5.74, 6) is -3.18. The highest BCUT2D eigenvalue weighted by Gasteiger charge is 2.16. The Kier molecular flexibility index (Phi) is 5.97. The molecular weight excluding hydrogens is 318 g/mol. The molecule has 1 atom stereocenters. The maximum absolute atomic E-state index is 13.5. The van der Waals surface area contributed by atoms with Crippen molar-refractivity contribution in [1.82, 2.24) is 10.6 Å². The second-order valence-corrected chi connectivity index (χ2v) is 5.02. The van der Waals surface area contributed by atoms with Gasteiger partial charge in [0.1, 0.15) is 11.6 Å². The average molecular weight is 334 g/mol. The van der Waals surface area contributed by atoms with Gasteiger partial charge in [0, 0.05) is 6.07 Å². The van der Waals surface area contributed by atoms with Crippen LogP contribution in [0.1, 0.15) is 22.0 Å². The van der Waals surface area contributed by atoms with Crippen LogP contribution in [-0.2, 0) is 4.79 Å². The summed E-state index contributed by atoms with van der Waals surface area (Å²) in [4.78, 5) is 23.7. The Morgan fingerprint density at radius 3 is 2.42 bits per heavy atom. The fourth-order valence-corrected chi connectivity index (χ4v) is 2.09. The molecule has 0 heterocycles. The molecule has 0 saturated heterocycles. The minimum absolute atomic E-state index is 0.309. The number of carbonyl (C=O) groups excluding carboxylic acids is 2. The molecule has 0 aliphatic carbocycles. The van der Waals surface area contributed by atoms with Crippen molar-refractivity contribution in [3.8, 4) is 0 Å². The van der Waals surface area contributed by atoms with Crippen molar-refractivity contribution < 1.29 is 23.5 Å². The summed E-state index contributed by atoms with van der Waals surface area (Å²) in [5.41, 5.74) is 0.357. The normalized spacial score (nSPS) is 11.6. The smallest absolute Gasteiger partial charge is 0.254 e. The zero-order valence-electron chi connectivity index (χ0n) is 12.6. The van der Waals surface area contributed by atoms with Crippen molar-refractivity contribution in [2.75, 3.05) is 13.2 Å². The second-order valence-electron chi connectivity index (χ2n) is 5.02. The minimum atomic E-state index is -1.01. The van der Waals surface area contributed by atoms with Crippen LogP contribution in [0.4, 0.5) is 8.78 Å². The van der Waals surface area contributed by atoms with E-state index < -0.39 is 36.0 Å². The Morgan fingerprint density at radius 1 is 1.08 bits per heavy atom. The first kappa shape index (κ1) is 17.6. The zero-order chi connectivity index (χ0) is 17.5. The van der Waals surface area contributed by atoms with Crippen molar-refractivity contribution in [2.45, 2.75) is 6.04 Å². The number of hydrogen-bond donors (Lipinski definition) is 3. The lowest BCUT2D eigenvalue weighted by Crippen LogP contribution is -2.39. The van der Waals surface area contributed by atoms with E-state index in [1.165, 1.54) is 0 Å². The van der Waals surface area contributed by atoms with E-state index in [0.29, 0.717) is 11.6 Å². The van der Waals surface area contributed by atoms with Gasteiger partial charge in [-0.1, -0.05) is 30.3 Å². The highest BCUT2D eigenvalue weighted by atomic mass is 19.1. The van der Waals surface area contributed by atoms with Crippen LogP contribution in [0, 0.1) is 11.6 Å². The SMILES string of the molecule is O=C(CNC(=O)c1ccc(F)cc1F)N[C@H](CO)c1ccccc1. The van der Waals surface area contributed by atoms with Crippen LogP contribution in [0.15, 0.2) is 48.5 Å². The number of amides is 2. The van der Waals surface area contributed by atoms with Crippen molar-refractivity contribution >= 4 is 11.8 Å². The van der Waals surface area contributed by atoms with Gasteiger partial charge in [0.2, 0.25) is 5.91 Å². The molecule has 0 bridgehead atoms. The zero-order valence-corrected chi connectivity index (χ0v) is 12.6. The Morgan fingerprint density at radius 2 is 1.79 bits per heavy atom. The highest BCUT2D eigenvalue weighted by Crippen LogP contribution is 2.11. The first-order valence-electron chi connectivity index (χ1n) is 7.19. The number of aliphatic hydroxyl groups excluding tert-OH is 1. The molecule has 2 aromatic rings. The molecule has 0 aliphatic rings.